The van der Waals surface area contributed by atoms with E-state index in [1.54, 1.807) is 19.3 Å². The lowest BCUT2D eigenvalue weighted by atomic mass is 10.2. The third-order valence-electron chi connectivity index (χ3n) is 3.08. The van der Waals surface area contributed by atoms with Crippen molar-refractivity contribution in [1.82, 2.24) is 0 Å². The average molecular weight is 377 g/mol. The van der Waals surface area contributed by atoms with Gasteiger partial charge < -0.3 is 14.2 Å². The van der Waals surface area contributed by atoms with Gasteiger partial charge in [0.2, 0.25) is 0 Å². The Hall–Kier alpha value is -2.27. The molecule has 0 spiro atoms. The van der Waals surface area contributed by atoms with Crippen molar-refractivity contribution in [1.29, 1.82) is 0 Å². The second-order valence-electron chi connectivity index (χ2n) is 4.69. The van der Waals surface area contributed by atoms with Gasteiger partial charge in [0.15, 0.2) is 11.5 Å². The van der Waals surface area contributed by atoms with Crippen molar-refractivity contribution in [3.05, 3.63) is 64.1 Å². The lowest BCUT2D eigenvalue weighted by Gasteiger charge is -2.11. The van der Waals surface area contributed by atoms with Gasteiger partial charge in [0.25, 0.3) is 0 Å². The van der Waals surface area contributed by atoms with Gasteiger partial charge in [-0.25, -0.2) is 4.79 Å². The van der Waals surface area contributed by atoms with Crippen LogP contribution >= 0.6 is 15.9 Å². The summed E-state index contributed by atoms with van der Waals surface area (Å²) in [6.07, 6.45) is 3.02. The largest absolute Gasteiger partial charge is 0.493 e. The minimum absolute atomic E-state index is 0.405. The summed E-state index contributed by atoms with van der Waals surface area (Å²) in [5.74, 6) is 0.840. The number of rotatable bonds is 6. The summed E-state index contributed by atoms with van der Waals surface area (Å²) >= 11 is 3.44. The third-order valence-corrected chi connectivity index (χ3v) is 3.58. The number of benzene rings is 2. The lowest BCUT2D eigenvalue weighted by molar-refractivity contribution is -0.134. The summed E-state index contributed by atoms with van der Waals surface area (Å²) in [5.41, 5.74) is 1.86. The highest BCUT2D eigenvalue weighted by molar-refractivity contribution is 9.10. The van der Waals surface area contributed by atoms with Crippen LogP contribution in [0.2, 0.25) is 0 Å². The molecule has 2 aromatic carbocycles. The van der Waals surface area contributed by atoms with Gasteiger partial charge in [-0.15, -0.1) is 0 Å². The normalized spacial score (nSPS) is 10.6. The molecule has 0 fully saturated rings. The van der Waals surface area contributed by atoms with Crippen LogP contribution in [-0.2, 0) is 16.1 Å². The molecule has 0 atom stereocenters. The first-order valence-corrected chi connectivity index (χ1v) is 7.73. The molecule has 0 radical (unpaired) electrons. The molecule has 0 saturated carbocycles. The number of esters is 1. The zero-order chi connectivity index (χ0) is 16.7. The molecule has 0 aromatic heterocycles. The molecule has 0 aliphatic heterocycles. The minimum atomic E-state index is -0.405. The van der Waals surface area contributed by atoms with E-state index >= 15 is 0 Å². The van der Waals surface area contributed by atoms with Gasteiger partial charge in [-0.1, -0.05) is 34.1 Å². The van der Waals surface area contributed by atoms with E-state index in [-0.39, 0.29) is 0 Å². The van der Waals surface area contributed by atoms with Crippen LogP contribution in [0.4, 0.5) is 0 Å². The highest BCUT2D eigenvalue weighted by atomic mass is 79.9. The highest BCUT2D eigenvalue weighted by Gasteiger charge is 2.06. The predicted octanol–water partition coefficient (Wildman–Crippen LogP) is 4.22. The van der Waals surface area contributed by atoms with Gasteiger partial charge in [0, 0.05) is 10.5 Å². The van der Waals surface area contributed by atoms with E-state index < -0.39 is 5.97 Å². The second kappa shape index (κ2) is 8.39. The maximum Gasteiger partial charge on any atom is 0.330 e. The zero-order valence-corrected chi connectivity index (χ0v) is 14.5. The second-order valence-corrected chi connectivity index (χ2v) is 5.60. The van der Waals surface area contributed by atoms with Crippen molar-refractivity contribution < 1.29 is 19.0 Å². The molecule has 2 rings (SSSR count). The van der Waals surface area contributed by atoms with E-state index in [9.17, 15) is 4.79 Å². The van der Waals surface area contributed by atoms with Gasteiger partial charge in [0.1, 0.15) is 6.61 Å². The number of carbonyl (C=O) groups is 1. The fraction of sp³-hybridized carbons (Fsp3) is 0.167. The van der Waals surface area contributed by atoms with Gasteiger partial charge >= 0.3 is 5.97 Å². The molecule has 0 N–H and O–H groups in total. The molecule has 0 aliphatic rings. The molecule has 0 aliphatic carbocycles. The summed E-state index contributed by atoms with van der Waals surface area (Å²) < 4.78 is 16.7. The number of hydrogen-bond acceptors (Lipinski definition) is 4. The van der Waals surface area contributed by atoms with Gasteiger partial charge in [-0.05, 0) is 41.5 Å². The van der Waals surface area contributed by atoms with E-state index in [4.69, 9.17) is 9.47 Å². The Labute approximate surface area is 143 Å². The van der Waals surface area contributed by atoms with E-state index in [2.05, 4.69) is 20.7 Å². The molecule has 120 valence electrons. The Kier molecular flexibility index (Phi) is 6.23. The first-order chi connectivity index (χ1) is 11.1. The first-order valence-electron chi connectivity index (χ1n) is 6.93. The van der Waals surface area contributed by atoms with Crippen molar-refractivity contribution in [3.63, 3.8) is 0 Å². The SMILES string of the molecule is COC(=O)/C=C/c1ccc(OC)c(OCc2cccc(Br)c2)c1. The number of methoxy groups -OCH3 is 2. The molecule has 0 unspecified atom stereocenters. The van der Waals surface area contributed by atoms with Gasteiger partial charge in [-0.2, -0.15) is 0 Å². The van der Waals surface area contributed by atoms with Gasteiger partial charge in [-0.3, -0.25) is 0 Å². The van der Waals surface area contributed by atoms with E-state index in [1.807, 2.05) is 36.4 Å². The smallest absolute Gasteiger partial charge is 0.330 e. The number of carbonyl (C=O) groups excluding carboxylic acids is 1. The molecule has 4 nitrogen and oxygen atoms in total. The molecule has 23 heavy (non-hydrogen) atoms. The molecule has 2 aromatic rings. The van der Waals surface area contributed by atoms with Crippen LogP contribution < -0.4 is 9.47 Å². The molecule has 5 heteroatoms. The maximum atomic E-state index is 11.2. The molecule has 0 saturated heterocycles. The number of hydrogen-bond donors (Lipinski definition) is 0. The van der Waals surface area contributed by atoms with Crippen LogP contribution in [0.5, 0.6) is 11.5 Å². The molecular formula is C18H17BrO4. The molecular weight excluding hydrogens is 360 g/mol. The minimum Gasteiger partial charge on any atom is -0.493 e. The van der Waals surface area contributed by atoms with Gasteiger partial charge in [0.05, 0.1) is 14.2 Å². The summed E-state index contributed by atoms with van der Waals surface area (Å²) in [6, 6.07) is 13.3. The monoisotopic (exact) mass is 376 g/mol. The Bertz CT molecular complexity index is 710. The van der Waals surface area contributed by atoms with E-state index in [1.165, 1.54) is 13.2 Å². The van der Waals surface area contributed by atoms with Crippen molar-refractivity contribution >= 4 is 28.0 Å². The Morgan fingerprint density at radius 1 is 1.13 bits per heavy atom. The van der Waals surface area contributed by atoms with Crippen molar-refractivity contribution in [3.8, 4) is 11.5 Å². The fourth-order valence-electron chi connectivity index (χ4n) is 1.93. The van der Waals surface area contributed by atoms with Crippen LogP contribution in [-0.4, -0.2) is 20.2 Å². The van der Waals surface area contributed by atoms with Crippen molar-refractivity contribution in [2.24, 2.45) is 0 Å². The molecule has 0 amide bonds. The van der Waals surface area contributed by atoms with Crippen LogP contribution in [0.25, 0.3) is 6.08 Å². The van der Waals surface area contributed by atoms with E-state index in [0.29, 0.717) is 18.1 Å². The summed E-state index contributed by atoms with van der Waals surface area (Å²) in [4.78, 5) is 11.2. The Balaban J connectivity index is 2.15. The van der Waals surface area contributed by atoms with E-state index in [0.717, 1.165) is 15.6 Å². The lowest BCUT2D eigenvalue weighted by Crippen LogP contribution is -1.98. The van der Waals surface area contributed by atoms with Crippen LogP contribution in [0.3, 0.4) is 0 Å². The topological polar surface area (TPSA) is 44.8 Å². The fourth-order valence-corrected chi connectivity index (χ4v) is 2.38. The van der Waals surface area contributed by atoms with Crippen molar-refractivity contribution in [2.45, 2.75) is 6.61 Å². The summed E-state index contributed by atoms with van der Waals surface area (Å²) in [5, 5.41) is 0. The summed E-state index contributed by atoms with van der Waals surface area (Å²) in [6.45, 7) is 0.417. The molecule has 0 bridgehead atoms. The Morgan fingerprint density at radius 2 is 1.96 bits per heavy atom. The number of halogens is 1. The maximum absolute atomic E-state index is 11.2. The average Bonchev–Trinajstić information content (AvgIpc) is 2.58. The van der Waals surface area contributed by atoms with Crippen molar-refractivity contribution in [2.75, 3.05) is 14.2 Å². The number of ether oxygens (including phenoxy) is 3. The third kappa shape index (κ3) is 5.14. The quantitative estimate of drug-likeness (QED) is 0.559. The first kappa shape index (κ1) is 17.1. The highest BCUT2D eigenvalue weighted by Crippen LogP contribution is 2.29. The molecule has 0 heterocycles. The zero-order valence-electron chi connectivity index (χ0n) is 12.9. The Morgan fingerprint density at radius 3 is 2.65 bits per heavy atom. The van der Waals surface area contributed by atoms with Crippen LogP contribution in [0, 0.1) is 0 Å². The predicted molar refractivity (Wildman–Crippen MR) is 92.5 cm³/mol. The van der Waals surface area contributed by atoms with Crippen LogP contribution in [0.15, 0.2) is 53.0 Å². The summed E-state index contributed by atoms with van der Waals surface area (Å²) in [7, 11) is 2.93. The van der Waals surface area contributed by atoms with Crippen LogP contribution in [0.1, 0.15) is 11.1 Å². The standard InChI is InChI=1S/C18H17BrO4/c1-21-16-8-6-13(7-9-18(20)22-2)11-17(16)23-12-14-4-3-5-15(19)10-14/h3-11H,12H2,1-2H3/b9-7+.